The van der Waals surface area contributed by atoms with Gasteiger partial charge in [-0.2, -0.15) is 5.10 Å². The van der Waals surface area contributed by atoms with Crippen molar-refractivity contribution in [2.24, 2.45) is 0 Å². The largest absolute Gasteiger partial charge is 0.322 e. The minimum absolute atomic E-state index is 0.142. The first-order valence-corrected chi connectivity index (χ1v) is 10.4. The molecule has 2 heterocycles. The highest BCUT2D eigenvalue weighted by atomic mass is 32.2. The molecule has 3 aromatic rings. The highest BCUT2D eigenvalue weighted by Crippen LogP contribution is 2.19. The molecule has 0 spiro atoms. The molecule has 148 valence electrons. The van der Waals surface area contributed by atoms with E-state index in [0.29, 0.717) is 11.3 Å². The summed E-state index contributed by atoms with van der Waals surface area (Å²) in [7, 11) is -3.57. The number of hydrogen-bond donors (Lipinski definition) is 2. The van der Waals surface area contributed by atoms with E-state index >= 15 is 0 Å². The van der Waals surface area contributed by atoms with Crippen molar-refractivity contribution in [2.75, 3.05) is 5.32 Å². The third-order valence-corrected chi connectivity index (χ3v) is 5.67. The second-order valence-electron chi connectivity index (χ2n) is 7.07. The molecule has 2 aromatic heterocycles. The summed E-state index contributed by atoms with van der Waals surface area (Å²) in [5.41, 5.74) is 1.61. The standard InChI is InChI=1S/C19H23N5O3S/c1-12(2)23-28(26,27)17-7-5-16(6-8-17)22-19(25)15-9-14-11-21-24(13(3)4)18(14)20-10-15/h5-13,23H,1-4H3,(H,22,25). The number of carbonyl (C=O) groups excluding carboxylic acids is 1. The van der Waals surface area contributed by atoms with E-state index in [0.717, 1.165) is 11.0 Å². The molecule has 0 aliphatic rings. The van der Waals surface area contributed by atoms with Gasteiger partial charge in [-0.3, -0.25) is 4.79 Å². The van der Waals surface area contributed by atoms with Gasteiger partial charge in [-0.1, -0.05) is 0 Å². The number of aromatic nitrogens is 3. The van der Waals surface area contributed by atoms with Crippen molar-refractivity contribution in [1.82, 2.24) is 19.5 Å². The zero-order valence-electron chi connectivity index (χ0n) is 16.2. The van der Waals surface area contributed by atoms with Crippen LogP contribution in [0.2, 0.25) is 0 Å². The first-order valence-electron chi connectivity index (χ1n) is 8.94. The number of carbonyl (C=O) groups is 1. The maximum absolute atomic E-state index is 12.5. The Balaban J connectivity index is 1.77. The quantitative estimate of drug-likeness (QED) is 0.660. The van der Waals surface area contributed by atoms with Gasteiger partial charge in [-0.05, 0) is 58.0 Å². The molecule has 28 heavy (non-hydrogen) atoms. The van der Waals surface area contributed by atoms with Gasteiger partial charge < -0.3 is 5.32 Å². The molecule has 1 aromatic carbocycles. The molecule has 0 saturated heterocycles. The van der Waals surface area contributed by atoms with E-state index in [4.69, 9.17) is 0 Å². The molecule has 0 atom stereocenters. The molecular formula is C19H23N5O3S. The average molecular weight is 401 g/mol. The number of amides is 1. The van der Waals surface area contributed by atoms with E-state index in [-0.39, 0.29) is 22.9 Å². The third kappa shape index (κ3) is 4.20. The van der Waals surface area contributed by atoms with Crippen molar-refractivity contribution >= 4 is 32.7 Å². The van der Waals surface area contributed by atoms with Gasteiger partial charge in [0.15, 0.2) is 5.65 Å². The number of hydrogen-bond acceptors (Lipinski definition) is 5. The Hall–Kier alpha value is -2.78. The van der Waals surface area contributed by atoms with Crippen LogP contribution in [-0.2, 0) is 10.0 Å². The Labute approximate surface area is 164 Å². The van der Waals surface area contributed by atoms with Crippen molar-refractivity contribution in [3.05, 3.63) is 48.3 Å². The zero-order valence-corrected chi connectivity index (χ0v) is 17.0. The van der Waals surface area contributed by atoms with Gasteiger partial charge in [0.25, 0.3) is 5.91 Å². The topological polar surface area (TPSA) is 106 Å². The van der Waals surface area contributed by atoms with Gasteiger partial charge in [0.05, 0.1) is 16.7 Å². The summed E-state index contributed by atoms with van der Waals surface area (Å²) in [5, 5.41) is 7.82. The SMILES string of the molecule is CC(C)NS(=O)(=O)c1ccc(NC(=O)c2cnc3c(cnn3C(C)C)c2)cc1. The summed E-state index contributed by atoms with van der Waals surface area (Å²) in [6.07, 6.45) is 3.18. The van der Waals surface area contributed by atoms with Gasteiger partial charge in [0, 0.05) is 29.4 Å². The number of anilines is 1. The predicted molar refractivity (Wildman–Crippen MR) is 108 cm³/mol. The lowest BCUT2D eigenvalue weighted by molar-refractivity contribution is 0.102. The first kappa shape index (κ1) is 20.0. The maximum atomic E-state index is 12.5. The summed E-state index contributed by atoms with van der Waals surface area (Å²) < 4.78 is 28.6. The van der Waals surface area contributed by atoms with E-state index in [1.54, 1.807) is 42.9 Å². The van der Waals surface area contributed by atoms with Crippen molar-refractivity contribution in [3.8, 4) is 0 Å². The summed E-state index contributed by atoms with van der Waals surface area (Å²) in [6.45, 7) is 7.52. The Bertz CT molecular complexity index is 1100. The van der Waals surface area contributed by atoms with Crippen LogP contribution in [0.5, 0.6) is 0 Å². The number of nitrogens with one attached hydrogen (secondary N) is 2. The average Bonchev–Trinajstić information content (AvgIpc) is 3.04. The van der Waals surface area contributed by atoms with E-state index in [1.807, 2.05) is 13.8 Å². The maximum Gasteiger partial charge on any atom is 0.257 e. The molecular weight excluding hydrogens is 378 g/mol. The summed E-state index contributed by atoms with van der Waals surface area (Å²) in [5.74, 6) is -0.331. The van der Waals surface area contributed by atoms with E-state index in [1.165, 1.54) is 18.3 Å². The van der Waals surface area contributed by atoms with Gasteiger partial charge in [0.2, 0.25) is 10.0 Å². The molecule has 8 nitrogen and oxygen atoms in total. The van der Waals surface area contributed by atoms with Crippen LogP contribution in [0.25, 0.3) is 11.0 Å². The fourth-order valence-electron chi connectivity index (χ4n) is 2.74. The summed E-state index contributed by atoms with van der Waals surface area (Å²) >= 11 is 0. The molecule has 0 aliphatic heterocycles. The minimum Gasteiger partial charge on any atom is -0.322 e. The van der Waals surface area contributed by atoms with Crippen molar-refractivity contribution in [3.63, 3.8) is 0 Å². The molecule has 1 amide bonds. The Morgan fingerprint density at radius 3 is 2.36 bits per heavy atom. The third-order valence-electron chi connectivity index (χ3n) is 4.00. The molecule has 2 N–H and O–H groups in total. The molecule has 0 saturated carbocycles. The lowest BCUT2D eigenvalue weighted by atomic mass is 10.2. The van der Waals surface area contributed by atoms with Crippen molar-refractivity contribution < 1.29 is 13.2 Å². The lowest BCUT2D eigenvalue weighted by Crippen LogP contribution is -2.30. The van der Waals surface area contributed by atoms with Crippen LogP contribution >= 0.6 is 0 Å². The molecule has 0 unspecified atom stereocenters. The Morgan fingerprint density at radius 1 is 1.07 bits per heavy atom. The summed E-state index contributed by atoms with van der Waals surface area (Å²) in [6, 6.07) is 7.71. The van der Waals surface area contributed by atoms with Crippen LogP contribution in [0.3, 0.4) is 0 Å². The van der Waals surface area contributed by atoms with Crippen LogP contribution in [-0.4, -0.2) is 35.1 Å². The van der Waals surface area contributed by atoms with Gasteiger partial charge in [-0.25, -0.2) is 22.8 Å². The minimum atomic E-state index is -3.57. The molecule has 9 heteroatoms. The molecule has 3 rings (SSSR count). The zero-order chi connectivity index (χ0) is 20.5. The van der Waals surface area contributed by atoms with E-state index < -0.39 is 10.0 Å². The second kappa shape index (κ2) is 7.69. The first-order chi connectivity index (χ1) is 13.2. The number of benzene rings is 1. The number of nitrogens with zero attached hydrogens (tertiary/aromatic N) is 3. The smallest absolute Gasteiger partial charge is 0.257 e. The molecule has 0 bridgehead atoms. The second-order valence-corrected chi connectivity index (χ2v) is 8.79. The monoisotopic (exact) mass is 401 g/mol. The lowest BCUT2D eigenvalue weighted by Gasteiger charge is -2.10. The number of sulfonamides is 1. The predicted octanol–water partition coefficient (Wildman–Crippen LogP) is 2.95. The van der Waals surface area contributed by atoms with Gasteiger partial charge >= 0.3 is 0 Å². The van der Waals surface area contributed by atoms with Crippen LogP contribution in [0.1, 0.15) is 44.1 Å². The van der Waals surface area contributed by atoms with Gasteiger partial charge in [0.1, 0.15) is 0 Å². The molecule has 0 aliphatic carbocycles. The number of rotatable bonds is 6. The Morgan fingerprint density at radius 2 is 1.75 bits per heavy atom. The number of fused-ring (bicyclic) bond motifs is 1. The fraction of sp³-hybridized carbons (Fsp3) is 0.316. The summed E-state index contributed by atoms with van der Waals surface area (Å²) in [4.78, 5) is 17.0. The van der Waals surface area contributed by atoms with Crippen molar-refractivity contribution in [1.29, 1.82) is 0 Å². The van der Waals surface area contributed by atoms with Crippen LogP contribution in [0.4, 0.5) is 5.69 Å². The van der Waals surface area contributed by atoms with Crippen LogP contribution in [0, 0.1) is 0 Å². The van der Waals surface area contributed by atoms with Crippen LogP contribution < -0.4 is 10.0 Å². The van der Waals surface area contributed by atoms with Crippen molar-refractivity contribution in [2.45, 2.75) is 44.7 Å². The fourth-order valence-corrected chi connectivity index (χ4v) is 3.99. The molecule has 0 radical (unpaired) electrons. The van der Waals surface area contributed by atoms with Crippen LogP contribution in [0.15, 0.2) is 47.6 Å². The molecule has 0 fully saturated rings. The highest BCUT2D eigenvalue weighted by Gasteiger charge is 2.16. The van der Waals surface area contributed by atoms with Gasteiger partial charge in [-0.15, -0.1) is 0 Å². The van der Waals surface area contributed by atoms with E-state index in [2.05, 4.69) is 20.1 Å². The normalized spacial score (nSPS) is 12.1. The Kier molecular flexibility index (Phi) is 5.48. The van der Waals surface area contributed by atoms with E-state index in [9.17, 15) is 13.2 Å². The highest BCUT2D eigenvalue weighted by molar-refractivity contribution is 7.89. The number of pyridine rings is 1.